The van der Waals surface area contributed by atoms with Crippen LogP contribution in [0, 0.1) is 0 Å². The number of ether oxygens (including phenoxy) is 1. The number of esters is 1. The molecule has 84 valence electrons. The predicted octanol–water partition coefficient (Wildman–Crippen LogP) is 0.762. The summed E-state index contributed by atoms with van der Waals surface area (Å²) in [5, 5.41) is 4.05. The molecule has 2 N–H and O–H groups in total. The van der Waals surface area contributed by atoms with Gasteiger partial charge in [-0.3, -0.25) is 4.68 Å². The van der Waals surface area contributed by atoms with Crippen LogP contribution in [-0.2, 0) is 16.6 Å². The van der Waals surface area contributed by atoms with Gasteiger partial charge in [-0.25, -0.2) is 4.79 Å². The maximum atomic E-state index is 11.6. The van der Waals surface area contributed by atoms with Crippen LogP contribution in [0.1, 0.15) is 32.5 Å². The third-order valence-corrected chi connectivity index (χ3v) is 1.71. The van der Waals surface area contributed by atoms with Gasteiger partial charge in [-0.2, -0.15) is 5.10 Å². The second-order valence-corrected chi connectivity index (χ2v) is 4.43. The highest BCUT2D eigenvalue weighted by Crippen LogP contribution is 2.14. The van der Waals surface area contributed by atoms with Crippen LogP contribution in [0.5, 0.6) is 0 Å². The Morgan fingerprint density at radius 1 is 1.60 bits per heavy atom. The molecule has 0 saturated carbocycles. The molecule has 1 aromatic heterocycles. The number of carbonyl (C=O) groups is 1. The number of aryl methyl sites for hydroxylation is 1. The van der Waals surface area contributed by atoms with E-state index in [4.69, 9.17) is 10.5 Å². The van der Waals surface area contributed by atoms with Gasteiger partial charge in [0.2, 0.25) is 0 Å². The molecule has 0 spiro atoms. The number of hydrogen-bond acceptors (Lipinski definition) is 4. The lowest BCUT2D eigenvalue weighted by atomic mass is 10.1. The minimum atomic E-state index is -0.814. The van der Waals surface area contributed by atoms with Crippen LogP contribution in [0.4, 0.5) is 0 Å². The minimum Gasteiger partial charge on any atom is -0.459 e. The topological polar surface area (TPSA) is 70.1 Å². The molecule has 0 aliphatic heterocycles. The molecule has 1 rings (SSSR count). The van der Waals surface area contributed by atoms with Crippen LogP contribution >= 0.6 is 0 Å². The Morgan fingerprint density at radius 3 is 2.60 bits per heavy atom. The van der Waals surface area contributed by atoms with Gasteiger partial charge < -0.3 is 10.5 Å². The molecular formula is C10H17N3O2. The maximum absolute atomic E-state index is 11.6. The average molecular weight is 211 g/mol. The Hall–Kier alpha value is -1.36. The number of aromatic nitrogens is 2. The summed E-state index contributed by atoms with van der Waals surface area (Å²) in [6.07, 6.45) is 1.74. The first-order chi connectivity index (χ1) is 6.79. The van der Waals surface area contributed by atoms with Crippen molar-refractivity contribution in [1.82, 2.24) is 9.78 Å². The van der Waals surface area contributed by atoms with E-state index in [0.29, 0.717) is 5.69 Å². The van der Waals surface area contributed by atoms with Gasteiger partial charge in [0, 0.05) is 13.2 Å². The first-order valence-electron chi connectivity index (χ1n) is 4.77. The van der Waals surface area contributed by atoms with Crippen molar-refractivity contribution >= 4 is 5.97 Å². The molecule has 0 fully saturated rings. The lowest BCUT2D eigenvalue weighted by Crippen LogP contribution is -2.31. The van der Waals surface area contributed by atoms with Crippen LogP contribution in [0.15, 0.2) is 12.3 Å². The average Bonchev–Trinajstić information content (AvgIpc) is 2.47. The highest BCUT2D eigenvalue weighted by atomic mass is 16.6. The van der Waals surface area contributed by atoms with Gasteiger partial charge in [0.05, 0.1) is 5.69 Å². The van der Waals surface area contributed by atoms with Crippen LogP contribution < -0.4 is 5.73 Å². The predicted molar refractivity (Wildman–Crippen MR) is 56.0 cm³/mol. The van der Waals surface area contributed by atoms with Gasteiger partial charge in [-0.05, 0) is 26.8 Å². The molecule has 0 aliphatic carbocycles. The zero-order chi connectivity index (χ0) is 11.6. The fourth-order valence-corrected chi connectivity index (χ4v) is 1.08. The molecule has 0 aromatic carbocycles. The molecule has 5 heteroatoms. The summed E-state index contributed by atoms with van der Waals surface area (Å²) in [6, 6.07) is 0.889. The van der Waals surface area contributed by atoms with Crippen molar-refractivity contribution in [3.05, 3.63) is 18.0 Å². The number of hydrogen-bond donors (Lipinski definition) is 1. The highest BCUT2D eigenvalue weighted by molar-refractivity contribution is 5.77. The van der Waals surface area contributed by atoms with Gasteiger partial charge in [0.25, 0.3) is 0 Å². The third kappa shape index (κ3) is 3.36. The van der Waals surface area contributed by atoms with E-state index in [9.17, 15) is 4.79 Å². The van der Waals surface area contributed by atoms with E-state index in [1.54, 1.807) is 44.8 Å². The van der Waals surface area contributed by atoms with Gasteiger partial charge in [-0.1, -0.05) is 0 Å². The van der Waals surface area contributed by atoms with Crippen LogP contribution in [-0.4, -0.2) is 21.4 Å². The van der Waals surface area contributed by atoms with E-state index in [1.165, 1.54) is 0 Å². The summed E-state index contributed by atoms with van der Waals surface area (Å²) in [5.74, 6) is -0.457. The molecule has 0 bridgehead atoms. The highest BCUT2D eigenvalue weighted by Gasteiger charge is 2.24. The molecule has 1 heterocycles. The molecule has 1 aromatic rings. The Bertz CT molecular complexity index is 352. The summed E-state index contributed by atoms with van der Waals surface area (Å²) in [6.45, 7) is 5.40. The molecular weight excluding hydrogens is 194 g/mol. The van der Waals surface area contributed by atoms with Crippen molar-refractivity contribution in [3.8, 4) is 0 Å². The number of carbonyl (C=O) groups excluding carboxylic acids is 1. The first-order valence-corrected chi connectivity index (χ1v) is 4.77. The normalized spacial score (nSPS) is 13.7. The van der Waals surface area contributed by atoms with Crippen molar-refractivity contribution in [3.63, 3.8) is 0 Å². The second-order valence-electron chi connectivity index (χ2n) is 4.43. The monoisotopic (exact) mass is 211 g/mol. The Balaban J connectivity index is 2.69. The minimum absolute atomic E-state index is 0.457. The molecule has 5 nitrogen and oxygen atoms in total. The molecule has 1 atom stereocenters. The first kappa shape index (κ1) is 11.7. The lowest BCUT2D eigenvalue weighted by Gasteiger charge is -2.21. The zero-order valence-corrected chi connectivity index (χ0v) is 9.52. The van der Waals surface area contributed by atoms with Gasteiger partial charge in [-0.15, -0.1) is 0 Å². The Labute approximate surface area is 89.2 Å². The third-order valence-electron chi connectivity index (χ3n) is 1.71. The molecule has 0 saturated heterocycles. The van der Waals surface area contributed by atoms with Crippen molar-refractivity contribution in [2.24, 2.45) is 12.8 Å². The fourth-order valence-electron chi connectivity index (χ4n) is 1.08. The zero-order valence-electron chi connectivity index (χ0n) is 9.52. The van der Waals surface area contributed by atoms with Crippen molar-refractivity contribution in [2.75, 3.05) is 0 Å². The summed E-state index contributed by atoms with van der Waals surface area (Å²) in [4.78, 5) is 11.6. The Kier molecular flexibility index (Phi) is 3.14. The van der Waals surface area contributed by atoms with E-state index in [2.05, 4.69) is 5.10 Å². The fraction of sp³-hybridized carbons (Fsp3) is 0.600. The molecule has 0 radical (unpaired) electrons. The van der Waals surface area contributed by atoms with Crippen LogP contribution in [0.3, 0.4) is 0 Å². The van der Waals surface area contributed by atoms with Crippen molar-refractivity contribution in [2.45, 2.75) is 32.4 Å². The van der Waals surface area contributed by atoms with E-state index in [1.807, 2.05) is 0 Å². The van der Waals surface area contributed by atoms with Gasteiger partial charge in [0.15, 0.2) is 0 Å². The molecule has 15 heavy (non-hydrogen) atoms. The lowest BCUT2D eigenvalue weighted by molar-refractivity contribution is -0.156. The van der Waals surface area contributed by atoms with E-state index in [-0.39, 0.29) is 0 Å². The maximum Gasteiger partial charge on any atom is 0.329 e. The molecule has 0 amide bonds. The van der Waals surface area contributed by atoms with E-state index in [0.717, 1.165) is 0 Å². The standard InChI is InChI=1S/C10H17N3O2/c1-10(2,3)15-9(14)8(11)7-5-6-13(4)12-7/h5-6,8H,11H2,1-4H3. The Morgan fingerprint density at radius 2 is 2.20 bits per heavy atom. The van der Waals surface area contributed by atoms with E-state index < -0.39 is 17.6 Å². The van der Waals surface area contributed by atoms with Crippen molar-refractivity contribution in [1.29, 1.82) is 0 Å². The smallest absolute Gasteiger partial charge is 0.329 e. The summed E-state index contributed by atoms with van der Waals surface area (Å²) in [7, 11) is 1.77. The number of nitrogens with two attached hydrogens (primary N) is 1. The largest absolute Gasteiger partial charge is 0.459 e. The molecule has 0 aliphatic rings. The SMILES string of the molecule is Cn1ccc(C(N)C(=O)OC(C)(C)C)n1. The number of nitrogens with zero attached hydrogens (tertiary/aromatic N) is 2. The van der Waals surface area contributed by atoms with Crippen molar-refractivity contribution < 1.29 is 9.53 Å². The summed E-state index contributed by atoms with van der Waals surface area (Å²) >= 11 is 0. The molecule has 1 unspecified atom stereocenters. The van der Waals surface area contributed by atoms with Crippen LogP contribution in [0.2, 0.25) is 0 Å². The number of rotatable bonds is 2. The second kappa shape index (κ2) is 4.02. The van der Waals surface area contributed by atoms with Gasteiger partial charge >= 0.3 is 5.97 Å². The quantitative estimate of drug-likeness (QED) is 0.733. The van der Waals surface area contributed by atoms with Gasteiger partial charge in [0.1, 0.15) is 11.6 Å². The summed E-state index contributed by atoms with van der Waals surface area (Å²) in [5.41, 5.74) is 5.70. The van der Waals surface area contributed by atoms with E-state index >= 15 is 0 Å². The summed E-state index contributed by atoms with van der Waals surface area (Å²) < 4.78 is 6.75. The van der Waals surface area contributed by atoms with Crippen LogP contribution in [0.25, 0.3) is 0 Å².